The number of alkyl halides is 3. The summed E-state index contributed by atoms with van der Waals surface area (Å²) in [6.45, 7) is 0.853. The van der Waals surface area contributed by atoms with Gasteiger partial charge in [0.15, 0.2) is 5.96 Å². The number of nitrogens with one attached hydrogen (secondary N) is 2. The lowest BCUT2D eigenvalue weighted by Crippen LogP contribution is -2.38. The highest BCUT2D eigenvalue weighted by Crippen LogP contribution is 2.25. The fourth-order valence-electron chi connectivity index (χ4n) is 2.03. The summed E-state index contributed by atoms with van der Waals surface area (Å²) in [5.74, 6) is 0.305. The lowest BCUT2D eigenvalue weighted by Gasteiger charge is -2.15. The third-order valence-electron chi connectivity index (χ3n) is 3.11. The molecule has 4 nitrogen and oxygen atoms in total. The summed E-state index contributed by atoms with van der Waals surface area (Å²) in [4.78, 5) is 5.31. The number of hydrogen-bond donors (Lipinski definition) is 2. The van der Waals surface area contributed by atoms with E-state index >= 15 is 0 Å². The van der Waals surface area contributed by atoms with Gasteiger partial charge in [-0.2, -0.15) is 0 Å². The van der Waals surface area contributed by atoms with E-state index in [0.29, 0.717) is 18.1 Å². The Labute approximate surface area is 142 Å². The predicted molar refractivity (Wildman–Crippen MR) is 89.3 cm³/mol. The van der Waals surface area contributed by atoms with Gasteiger partial charge < -0.3 is 15.4 Å². The van der Waals surface area contributed by atoms with Crippen molar-refractivity contribution in [1.29, 1.82) is 0 Å². The molecule has 0 radical (unpaired) electrons. The molecule has 0 bridgehead atoms. The molecule has 0 spiro atoms. The normalized spacial score (nSPS) is 12.1. The second-order valence-corrected chi connectivity index (χ2v) is 5.87. The summed E-state index contributed by atoms with van der Waals surface area (Å²) < 4.78 is 41.3. The Kier molecular flexibility index (Phi) is 6.48. The van der Waals surface area contributed by atoms with E-state index in [1.807, 2.05) is 17.5 Å². The van der Waals surface area contributed by atoms with Gasteiger partial charge in [-0.15, -0.1) is 24.5 Å². The third kappa shape index (κ3) is 6.11. The van der Waals surface area contributed by atoms with Gasteiger partial charge in [0.25, 0.3) is 0 Å². The maximum absolute atomic E-state index is 12.4. The number of aliphatic imine (C=N–C) groups is 1. The minimum atomic E-state index is -4.71. The molecule has 1 aromatic carbocycles. The second kappa shape index (κ2) is 8.58. The van der Waals surface area contributed by atoms with Gasteiger partial charge in [-0.25, -0.2) is 0 Å². The van der Waals surface area contributed by atoms with E-state index in [2.05, 4.69) is 20.4 Å². The van der Waals surface area contributed by atoms with E-state index in [1.165, 1.54) is 17.0 Å². The Morgan fingerprint density at radius 3 is 2.62 bits per heavy atom. The van der Waals surface area contributed by atoms with Crippen molar-refractivity contribution in [2.24, 2.45) is 4.99 Å². The lowest BCUT2D eigenvalue weighted by atomic mass is 10.2. The van der Waals surface area contributed by atoms with Crippen molar-refractivity contribution in [3.63, 3.8) is 0 Å². The standard InChI is InChI=1S/C16H18F3N3OS/c1-20-15(21-9-8-13-6-4-10-24-13)22-11-12-5-2-3-7-14(12)23-16(17,18)19/h2-7,10H,8-9,11H2,1H3,(H2,20,21,22). The van der Waals surface area contributed by atoms with E-state index in [0.717, 1.165) is 6.42 Å². The van der Waals surface area contributed by atoms with Crippen LogP contribution in [0.5, 0.6) is 5.75 Å². The molecule has 1 aromatic heterocycles. The zero-order valence-corrected chi connectivity index (χ0v) is 13.9. The van der Waals surface area contributed by atoms with Crippen LogP contribution >= 0.6 is 11.3 Å². The van der Waals surface area contributed by atoms with Gasteiger partial charge in [0, 0.05) is 30.6 Å². The average molecular weight is 357 g/mol. The third-order valence-corrected chi connectivity index (χ3v) is 4.05. The fourth-order valence-corrected chi connectivity index (χ4v) is 2.74. The molecular weight excluding hydrogens is 339 g/mol. The molecule has 0 unspecified atom stereocenters. The molecule has 2 rings (SSSR count). The summed E-state index contributed by atoms with van der Waals surface area (Å²) in [5.41, 5.74) is 0.399. The Balaban J connectivity index is 1.86. The van der Waals surface area contributed by atoms with Crippen LogP contribution in [0.4, 0.5) is 13.2 Å². The van der Waals surface area contributed by atoms with Crippen molar-refractivity contribution in [2.45, 2.75) is 19.3 Å². The molecule has 1 heterocycles. The van der Waals surface area contributed by atoms with Gasteiger partial charge in [-0.1, -0.05) is 24.3 Å². The Morgan fingerprint density at radius 2 is 1.96 bits per heavy atom. The minimum absolute atomic E-state index is 0.172. The van der Waals surface area contributed by atoms with Gasteiger partial charge in [0.2, 0.25) is 0 Å². The molecule has 0 saturated heterocycles. The van der Waals surface area contributed by atoms with Gasteiger partial charge in [0.1, 0.15) is 5.75 Å². The van der Waals surface area contributed by atoms with E-state index in [4.69, 9.17) is 0 Å². The SMILES string of the molecule is CN=C(NCCc1cccs1)NCc1ccccc1OC(F)(F)F. The van der Waals surface area contributed by atoms with Crippen LogP contribution in [0.2, 0.25) is 0 Å². The highest BCUT2D eigenvalue weighted by atomic mass is 32.1. The molecule has 0 saturated carbocycles. The summed E-state index contributed by atoms with van der Waals surface area (Å²) >= 11 is 1.68. The number of hydrogen-bond acceptors (Lipinski definition) is 3. The molecule has 24 heavy (non-hydrogen) atoms. The number of para-hydroxylation sites is 1. The molecule has 130 valence electrons. The number of benzene rings is 1. The monoisotopic (exact) mass is 357 g/mol. The van der Waals surface area contributed by atoms with Crippen LogP contribution in [-0.2, 0) is 13.0 Å². The van der Waals surface area contributed by atoms with Crippen LogP contribution < -0.4 is 15.4 Å². The molecule has 0 fully saturated rings. The Morgan fingerprint density at radius 1 is 1.17 bits per heavy atom. The maximum Gasteiger partial charge on any atom is 0.573 e. The van der Waals surface area contributed by atoms with Crippen LogP contribution in [0, 0.1) is 0 Å². The van der Waals surface area contributed by atoms with E-state index in [1.54, 1.807) is 30.5 Å². The second-order valence-electron chi connectivity index (χ2n) is 4.84. The number of guanidine groups is 1. The highest BCUT2D eigenvalue weighted by Gasteiger charge is 2.31. The molecule has 0 aliphatic carbocycles. The predicted octanol–water partition coefficient (Wildman–Crippen LogP) is 3.55. The summed E-state index contributed by atoms with van der Waals surface area (Å²) in [7, 11) is 1.61. The van der Waals surface area contributed by atoms with Crippen molar-refractivity contribution >= 4 is 17.3 Å². The van der Waals surface area contributed by atoms with E-state index < -0.39 is 6.36 Å². The molecule has 2 aromatic rings. The molecule has 0 amide bonds. The molecule has 0 aliphatic rings. The number of ether oxygens (including phenoxy) is 1. The van der Waals surface area contributed by atoms with Gasteiger partial charge in [-0.3, -0.25) is 4.99 Å². The largest absolute Gasteiger partial charge is 0.573 e. The average Bonchev–Trinajstić information content (AvgIpc) is 3.04. The van der Waals surface area contributed by atoms with Crippen molar-refractivity contribution in [3.8, 4) is 5.75 Å². The highest BCUT2D eigenvalue weighted by molar-refractivity contribution is 7.09. The number of rotatable bonds is 6. The molecule has 0 atom stereocenters. The minimum Gasteiger partial charge on any atom is -0.405 e. The van der Waals surface area contributed by atoms with Crippen LogP contribution in [-0.4, -0.2) is 25.9 Å². The van der Waals surface area contributed by atoms with Crippen LogP contribution in [0.15, 0.2) is 46.8 Å². The summed E-state index contributed by atoms with van der Waals surface area (Å²) in [5, 5.41) is 8.13. The van der Waals surface area contributed by atoms with Crippen molar-refractivity contribution < 1.29 is 17.9 Å². The first-order chi connectivity index (χ1) is 11.5. The first-order valence-electron chi connectivity index (χ1n) is 7.28. The van der Waals surface area contributed by atoms with E-state index in [9.17, 15) is 13.2 Å². The molecule has 8 heteroatoms. The molecule has 0 aliphatic heterocycles. The number of thiophene rings is 1. The van der Waals surface area contributed by atoms with Crippen LogP contribution in [0.3, 0.4) is 0 Å². The maximum atomic E-state index is 12.4. The first kappa shape index (κ1) is 18.1. The van der Waals surface area contributed by atoms with Gasteiger partial charge in [0.05, 0.1) is 0 Å². The first-order valence-corrected chi connectivity index (χ1v) is 8.16. The number of nitrogens with zero attached hydrogens (tertiary/aromatic N) is 1. The Bertz CT molecular complexity index is 657. The zero-order chi connectivity index (χ0) is 17.4. The lowest BCUT2D eigenvalue weighted by molar-refractivity contribution is -0.274. The molecule has 2 N–H and O–H groups in total. The smallest absolute Gasteiger partial charge is 0.405 e. The Hall–Kier alpha value is -2.22. The zero-order valence-electron chi connectivity index (χ0n) is 13.1. The fraction of sp³-hybridized carbons (Fsp3) is 0.312. The molecular formula is C16H18F3N3OS. The quantitative estimate of drug-likeness (QED) is 0.614. The topological polar surface area (TPSA) is 45.7 Å². The van der Waals surface area contributed by atoms with Crippen molar-refractivity contribution in [1.82, 2.24) is 10.6 Å². The summed E-state index contributed by atoms with van der Waals surface area (Å²) in [6.07, 6.45) is -3.86. The number of halogens is 3. The van der Waals surface area contributed by atoms with Gasteiger partial charge >= 0.3 is 6.36 Å². The van der Waals surface area contributed by atoms with E-state index in [-0.39, 0.29) is 12.3 Å². The van der Waals surface area contributed by atoms with Crippen molar-refractivity contribution in [3.05, 3.63) is 52.2 Å². The van der Waals surface area contributed by atoms with Gasteiger partial charge in [-0.05, 0) is 23.9 Å². The van der Waals surface area contributed by atoms with Crippen LogP contribution in [0.25, 0.3) is 0 Å². The summed E-state index contributed by atoms with van der Waals surface area (Å²) in [6, 6.07) is 10.1. The van der Waals surface area contributed by atoms with Crippen molar-refractivity contribution in [2.75, 3.05) is 13.6 Å². The van der Waals surface area contributed by atoms with Crippen LogP contribution in [0.1, 0.15) is 10.4 Å².